The molecule has 1 atom stereocenters. The SMILES string of the molecule is CCNC(=O)NC(=O)[C@H](OC(=O)/C=C/c1c(F)cccc1Cl)c1ccccc1. The van der Waals surface area contributed by atoms with Gasteiger partial charge in [0, 0.05) is 23.7 Å². The number of carbonyl (C=O) groups excluding carboxylic acids is 3. The summed E-state index contributed by atoms with van der Waals surface area (Å²) in [6, 6.07) is 11.6. The molecule has 2 aromatic rings. The zero-order valence-corrected chi connectivity index (χ0v) is 15.7. The Morgan fingerprint density at radius 1 is 1.14 bits per heavy atom. The van der Waals surface area contributed by atoms with Crippen LogP contribution in [0.2, 0.25) is 5.02 Å². The molecule has 8 heteroatoms. The standard InChI is InChI=1S/C20H18ClFN2O4/c1-2-23-20(27)24-19(26)18(13-7-4-3-5-8-13)28-17(25)12-11-14-15(21)9-6-10-16(14)22/h3-12,18H,2H2,1H3,(H2,23,24,26,27)/b12-11+/t18-/m1/s1. The Hall–Kier alpha value is -3.19. The van der Waals surface area contributed by atoms with Crippen molar-refractivity contribution in [3.8, 4) is 0 Å². The predicted molar refractivity (Wildman–Crippen MR) is 103 cm³/mol. The van der Waals surface area contributed by atoms with Gasteiger partial charge in [0.1, 0.15) is 5.82 Å². The highest BCUT2D eigenvalue weighted by Crippen LogP contribution is 2.21. The molecule has 0 spiro atoms. The highest BCUT2D eigenvalue weighted by molar-refractivity contribution is 6.32. The van der Waals surface area contributed by atoms with Gasteiger partial charge in [-0.3, -0.25) is 10.1 Å². The van der Waals surface area contributed by atoms with E-state index in [4.69, 9.17) is 16.3 Å². The lowest BCUT2D eigenvalue weighted by molar-refractivity contribution is -0.151. The fourth-order valence-electron chi connectivity index (χ4n) is 2.26. The van der Waals surface area contributed by atoms with Crippen LogP contribution >= 0.6 is 11.6 Å². The van der Waals surface area contributed by atoms with E-state index in [1.807, 2.05) is 0 Å². The second-order valence-electron chi connectivity index (χ2n) is 5.54. The third-order valence-electron chi connectivity index (χ3n) is 3.53. The summed E-state index contributed by atoms with van der Waals surface area (Å²) in [7, 11) is 0. The van der Waals surface area contributed by atoms with Crippen LogP contribution in [0.3, 0.4) is 0 Å². The second kappa shape index (κ2) is 10.2. The predicted octanol–water partition coefficient (Wildman–Crippen LogP) is 3.62. The Balaban J connectivity index is 2.17. The number of halogens is 2. The van der Waals surface area contributed by atoms with Gasteiger partial charge in [-0.1, -0.05) is 48.0 Å². The maximum absolute atomic E-state index is 13.8. The number of ether oxygens (including phenoxy) is 1. The van der Waals surface area contributed by atoms with E-state index in [9.17, 15) is 18.8 Å². The number of rotatable bonds is 6. The summed E-state index contributed by atoms with van der Waals surface area (Å²) in [5, 5.41) is 4.64. The van der Waals surface area contributed by atoms with E-state index in [-0.39, 0.29) is 10.6 Å². The van der Waals surface area contributed by atoms with Crippen LogP contribution in [0.25, 0.3) is 6.08 Å². The molecular formula is C20H18ClFN2O4. The first-order valence-corrected chi connectivity index (χ1v) is 8.76. The fourth-order valence-corrected chi connectivity index (χ4v) is 2.49. The Labute approximate surface area is 166 Å². The quantitative estimate of drug-likeness (QED) is 0.569. The van der Waals surface area contributed by atoms with Crippen LogP contribution < -0.4 is 10.6 Å². The molecule has 0 bridgehead atoms. The van der Waals surface area contributed by atoms with Crippen LogP contribution in [0.5, 0.6) is 0 Å². The summed E-state index contributed by atoms with van der Waals surface area (Å²) in [6.07, 6.45) is 0.751. The van der Waals surface area contributed by atoms with Crippen molar-refractivity contribution in [2.24, 2.45) is 0 Å². The molecule has 0 fully saturated rings. The van der Waals surface area contributed by atoms with Crippen LogP contribution in [0, 0.1) is 5.82 Å². The molecule has 0 unspecified atom stereocenters. The normalized spacial score (nSPS) is 11.7. The molecule has 0 aliphatic rings. The zero-order valence-electron chi connectivity index (χ0n) is 14.9. The lowest BCUT2D eigenvalue weighted by Gasteiger charge is -2.16. The highest BCUT2D eigenvalue weighted by Gasteiger charge is 2.25. The summed E-state index contributed by atoms with van der Waals surface area (Å²) in [5.41, 5.74) is 0.388. The van der Waals surface area contributed by atoms with Crippen LogP contribution in [0.1, 0.15) is 24.2 Å². The van der Waals surface area contributed by atoms with Crippen molar-refractivity contribution in [3.63, 3.8) is 0 Å². The maximum Gasteiger partial charge on any atom is 0.331 e. The third-order valence-corrected chi connectivity index (χ3v) is 3.86. The molecule has 146 valence electrons. The number of hydrogen-bond donors (Lipinski definition) is 2. The number of carbonyl (C=O) groups is 3. The molecule has 2 N–H and O–H groups in total. The second-order valence-corrected chi connectivity index (χ2v) is 5.95. The summed E-state index contributed by atoms with van der Waals surface area (Å²) >= 11 is 5.90. The average molecular weight is 405 g/mol. The molecule has 0 aliphatic carbocycles. The van der Waals surface area contributed by atoms with Gasteiger partial charge in [0.05, 0.1) is 5.02 Å². The molecule has 2 rings (SSSR count). The van der Waals surface area contributed by atoms with Gasteiger partial charge in [-0.15, -0.1) is 0 Å². The summed E-state index contributed by atoms with van der Waals surface area (Å²) in [5.74, 6) is -2.33. The van der Waals surface area contributed by atoms with Crippen molar-refractivity contribution in [2.75, 3.05) is 6.54 Å². The first-order chi connectivity index (χ1) is 13.4. The number of esters is 1. The average Bonchev–Trinajstić information content (AvgIpc) is 2.66. The Bertz CT molecular complexity index is 867. The van der Waals surface area contributed by atoms with Crippen molar-refractivity contribution in [1.29, 1.82) is 0 Å². The molecule has 2 aromatic carbocycles. The van der Waals surface area contributed by atoms with Crippen LogP contribution in [0.15, 0.2) is 54.6 Å². The van der Waals surface area contributed by atoms with Crippen LogP contribution in [0.4, 0.5) is 9.18 Å². The van der Waals surface area contributed by atoms with Gasteiger partial charge < -0.3 is 10.1 Å². The van der Waals surface area contributed by atoms with Crippen molar-refractivity contribution >= 4 is 35.6 Å². The lowest BCUT2D eigenvalue weighted by atomic mass is 10.1. The monoisotopic (exact) mass is 404 g/mol. The molecule has 0 saturated heterocycles. The topological polar surface area (TPSA) is 84.5 Å². The Morgan fingerprint density at radius 3 is 2.50 bits per heavy atom. The van der Waals surface area contributed by atoms with Crippen LogP contribution in [-0.2, 0) is 14.3 Å². The van der Waals surface area contributed by atoms with Crippen LogP contribution in [-0.4, -0.2) is 24.5 Å². The summed E-state index contributed by atoms with van der Waals surface area (Å²) in [6.45, 7) is 2.01. The summed E-state index contributed by atoms with van der Waals surface area (Å²) in [4.78, 5) is 36.2. The van der Waals surface area contributed by atoms with E-state index in [0.29, 0.717) is 12.1 Å². The first kappa shape index (κ1) is 21.1. The van der Waals surface area contributed by atoms with Gasteiger partial charge in [-0.2, -0.15) is 0 Å². The van der Waals surface area contributed by atoms with E-state index in [0.717, 1.165) is 12.2 Å². The van der Waals surface area contributed by atoms with Gasteiger partial charge >= 0.3 is 12.0 Å². The Morgan fingerprint density at radius 2 is 1.86 bits per heavy atom. The number of imide groups is 1. The third kappa shape index (κ3) is 5.92. The van der Waals surface area contributed by atoms with Crippen molar-refractivity contribution in [3.05, 3.63) is 76.6 Å². The number of amides is 3. The number of nitrogens with one attached hydrogen (secondary N) is 2. The largest absolute Gasteiger partial charge is 0.444 e. The molecule has 28 heavy (non-hydrogen) atoms. The molecule has 6 nitrogen and oxygen atoms in total. The van der Waals surface area contributed by atoms with Gasteiger partial charge in [0.2, 0.25) is 6.10 Å². The smallest absolute Gasteiger partial charge is 0.331 e. The zero-order chi connectivity index (χ0) is 20.5. The summed E-state index contributed by atoms with van der Waals surface area (Å²) < 4.78 is 19.0. The van der Waals surface area contributed by atoms with Gasteiger partial charge in [-0.05, 0) is 25.1 Å². The van der Waals surface area contributed by atoms with E-state index in [2.05, 4.69) is 10.6 Å². The van der Waals surface area contributed by atoms with Gasteiger partial charge in [0.25, 0.3) is 5.91 Å². The number of hydrogen-bond acceptors (Lipinski definition) is 4. The fraction of sp³-hybridized carbons (Fsp3) is 0.150. The molecule has 0 saturated carbocycles. The Kier molecular flexibility index (Phi) is 7.71. The molecule has 0 aromatic heterocycles. The highest BCUT2D eigenvalue weighted by atomic mass is 35.5. The lowest BCUT2D eigenvalue weighted by Crippen LogP contribution is -2.42. The van der Waals surface area contributed by atoms with E-state index >= 15 is 0 Å². The minimum absolute atomic E-state index is 0.0177. The van der Waals surface area contributed by atoms with Gasteiger partial charge in [-0.25, -0.2) is 14.0 Å². The molecule has 3 amide bonds. The number of urea groups is 1. The molecule has 0 heterocycles. The van der Waals surface area contributed by atoms with E-state index in [1.165, 1.54) is 18.2 Å². The molecular weight excluding hydrogens is 387 g/mol. The van der Waals surface area contributed by atoms with Crippen molar-refractivity contribution in [2.45, 2.75) is 13.0 Å². The van der Waals surface area contributed by atoms with E-state index in [1.54, 1.807) is 37.3 Å². The van der Waals surface area contributed by atoms with E-state index < -0.39 is 29.8 Å². The minimum Gasteiger partial charge on any atom is -0.444 e. The first-order valence-electron chi connectivity index (χ1n) is 8.38. The molecule has 0 radical (unpaired) electrons. The van der Waals surface area contributed by atoms with Gasteiger partial charge in [0.15, 0.2) is 0 Å². The molecule has 0 aliphatic heterocycles. The number of benzene rings is 2. The van der Waals surface area contributed by atoms with Crippen molar-refractivity contribution < 1.29 is 23.5 Å². The minimum atomic E-state index is -1.36. The maximum atomic E-state index is 13.8. The van der Waals surface area contributed by atoms with Crippen molar-refractivity contribution in [1.82, 2.24) is 10.6 Å².